The molecule has 1 aromatic heterocycles. The first-order valence-corrected chi connectivity index (χ1v) is 6.93. The van der Waals surface area contributed by atoms with Crippen molar-refractivity contribution < 1.29 is 9.90 Å². The van der Waals surface area contributed by atoms with Gasteiger partial charge in [-0.1, -0.05) is 25.1 Å². The minimum absolute atomic E-state index is 0.356. The maximum absolute atomic E-state index is 11.0. The lowest BCUT2D eigenvalue weighted by atomic mass is 10.2. The van der Waals surface area contributed by atoms with Crippen molar-refractivity contribution in [3.63, 3.8) is 0 Å². The van der Waals surface area contributed by atoms with Crippen molar-refractivity contribution >= 4 is 28.6 Å². The van der Waals surface area contributed by atoms with E-state index in [-0.39, 0.29) is 5.25 Å². The average molecular weight is 264 g/mol. The van der Waals surface area contributed by atoms with Crippen LogP contribution < -0.4 is 0 Å². The quantitative estimate of drug-likeness (QED) is 0.902. The highest BCUT2D eigenvalue weighted by molar-refractivity contribution is 7.99. The summed E-state index contributed by atoms with van der Waals surface area (Å²) >= 11 is 1.44. The predicted octanol–water partition coefficient (Wildman–Crippen LogP) is 2.67. The Hall–Kier alpha value is -1.49. The van der Waals surface area contributed by atoms with Gasteiger partial charge in [0.1, 0.15) is 5.25 Å². The zero-order valence-corrected chi connectivity index (χ0v) is 11.3. The fourth-order valence-electron chi connectivity index (χ4n) is 1.94. The van der Waals surface area contributed by atoms with Crippen molar-refractivity contribution in [2.45, 2.75) is 24.3 Å². The largest absolute Gasteiger partial charge is 0.480 e. The fraction of sp³-hybridized carbons (Fsp3) is 0.385. The van der Waals surface area contributed by atoms with Crippen LogP contribution >= 0.6 is 11.8 Å². The molecule has 96 valence electrons. The summed E-state index contributed by atoms with van der Waals surface area (Å²) in [6.07, 6.45) is 0.630. The molecule has 0 spiro atoms. The molecule has 1 heterocycles. The predicted molar refractivity (Wildman–Crippen MR) is 73.7 cm³/mol. The molecule has 1 N–H and O–H groups in total. The van der Waals surface area contributed by atoms with Crippen LogP contribution in [0.5, 0.6) is 0 Å². The molecule has 5 heteroatoms. The number of carboxylic acids is 1. The van der Waals surface area contributed by atoms with Crippen molar-refractivity contribution in [3.05, 3.63) is 30.0 Å². The molecule has 1 aromatic carbocycles. The van der Waals surface area contributed by atoms with Crippen molar-refractivity contribution in [3.8, 4) is 0 Å². The number of hydrogen-bond acceptors (Lipinski definition) is 3. The first-order chi connectivity index (χ1) is 8.63. The second-order valence-corrected chi connectivity index (χ2v) is 5.32. The Morgan fingerprint density at radius 3 is 2.89 bits per heavy atom. The molecule has 0 aliphatic carbocycles. The SMILES string of the molecule is CCC(SCc1nn(C)c2ccccc12)C(=O)O. The summed E-state index contributed by atoms with van der Waals surface area (Å²) in [7, 11) is 1.91. The third-order valence-corrected chi connectivity index (χ3v) is 4.28. The number of aliphatic carboxylic acids is 1. The van der Waals surface area contributed by atoms with Gasteiger partial charge < -0.3 is 5.11 Å². The van der Waals surface area contributed by atoms with Crippen LogP contribution in [0.25, 0.3) is 10.9 Å². The summed E-state index contributed by atoms with van der Waals surface area (Å²) in [5.41, 5.74) is 2.04. The van der Waals surface area contributed by atoms with E-state index in [1.54, 1.807) is 0 Å². The van der Waals surface area contributed by atoms with E-state index in [1.807, 2.05) is 42.9 Å². The molecule has 0 amide bonds. The van der Waals surface area contributed by atoms with Crippen LogP contribution in [0.1, 0.15) is 19.0 Å². The first kappa shape index (κ1) is 13.0. The highest BCUT2D eigenvalue weighted by Crippen LogP contribution is 2.25. The summed E-state index contributed by atoms with van der Waals surface area (Å²) in [6, 6.07) is 8.00. The summed E-state index contributed by atoms with van der Waals surface area (Å²) in [5, 5.41) is 14.2. The molecule has 1 atom stereocenters. The second kappa shape index (κ2) is 5.44. The highest BCUT2D eigenvalue weighted by Gasteiger charge is 2.17. The topological polar surface area (TPSA) is 55.1 Å². The van der Waals surface area contributed by atoms with Crippen LogP contribution in [0.4, 0.5) is 0 Å². The number of benzene rings is 1. The number of aromatic nitrogens is 2. The number of carboxylic acid groups (broad SMARTS) is 1. The highest BCUT2D eigenvalue weighted by atomic mass is 32.2. The Labute approximate surface area is 110 Å². The van der Waals surface area contributed by atoms with Gasteiger partial charge in [-0.3, -0.25) is 9.48 Å². The molecular formula is C13H16N2O2S. The molecule has 2 rings (SSSR count). The minimum atomic E-state index is -0.747. The molecular weight excluding hydrogens is 248 g/mol. The van der Waals surface area contributed by atoms with Crippen molar-refractivity contribution in [2.75, 3.05) is 0 Å². The molecule has 18 heavy (non-hydrogen) atoms. The van der Waals surface area contributed by atoms with E-state index in [4.69, 9.17) is 5.11 Å². The van der Waals surface area contributed by atoms with Crippen LogP contribution in [-0.4, -0.2) is 26.1 Å². The standard InChI is InChI=1S/C13H16N2O2S/c1-3-12(13(16)17)18-8-10-9-6-4-5-7-11(9)15(2)14-10/h4-7,12H,3,8H2,1-2H3,(H,16,17). The van der Waals surface area contributed by atoms with E-state index < -0.39 is 5.97 Å². The van der Waals surface area contributed by atoms with Crippen LogP contribution in [0.2, 0.25) is 0 Å². The van der Waals surface area contributed by atoms with Crippen LogP contribution in [0.3, 0.4) is 0 Å². The van der Waals surface area contributed by atoms with E-state index >= 15 is 0 Å². The average Bonchev–Trinajstić information content (AvgIpc) is 2.68. The molecule has 0 saturated carbocycles. The van der Waals surface area contributed by atoms with Gasteiger partial charge in [-0.05, 0) is 12.5 Å². The Kier molecular flexibility index (Phi) is 3.91. The zero-order valence-electron chi connectivity index (χ0n) is 10.5. The molecule has 1 unspecified atom stereocenters. The number of fused-ring (bicyclic) bond motifs is 1. The van der Waals surface area contributed by atoms with Gasteiger partial charge in [-0.2, -0.15) is 5.10 Å². The van der Waals surface area contributed by atoms with E-state index in [2.05, 4.69) is 5.10 Å². The molecule has 0 radical (unpaired) electrons. The van der Waals surface area contributed by atoms with Crippen molar-refractivity contribution in [1.29, 1.82) is 0 Å². The minimum Gasteiger partial charge on any atom is -0.480 e. The lowest BCUT2D eigenvalue weighted by molar-refractivity contribution is -0.136. The monoisotopic (exact) mass is 264 g/mol. The number of para-hydroxylation sites is 1. The van der Waals surface area contributed by atoms with Gasteiger partial charge in [0.15, 0.2) is 0 Å². The van der Waals surface area contributed by atoms with Gasteiger partial charge in [-0.25, -0.2) is 0 Å². The molecule has 4 nitrogen and oxygen atoms in total. The molecule has 2 aromatic rings. The third-order valence-electron chi connectivity index (χ3n) is 2.90. The second-order valence-electron chi connectivity index (χ2n) is 4.13. The van der Waals surface area contributed by atoms with E-state index in [9.17, 15) is 4.79 Å². The van der Waals surface area contributed by atoms with Gasteiger partial charge in [0, 0.05) is 18.2 Å². The number of aryl methyl sites for hydroxylation is 1. The third kappa shape index (κ3) is 2.51. The van der Waals surface area contributed by atoms with E-state index in [0.29, 0.717) is 12.2 Å². The van der Waals surface area contributed by atoms with Crippen LogP contribution in [-0.2, 0) is 17.6 Å². The van der Waals surface area contributed by atoms with E-state index in [1.165, 1.54) is 11.8 Å². The molecule has 0 aliphatic rings. The summed E-state index contributed by atoms with van der Waals surface area (Å²) in [5.74, 6) is -0.116. The molecule has 0 bridgehead atoms. The summed E-state index contributed by atoms with van der Waals surface area (Å²) in [4.78, 5) is 11.0. The normalized spacial score (nSPS) is 12.8. The molecule has 0 saturated heterocycles. The Balaban J connectivity index is 2.19. The van der Waals surface area contributed by atoms with Gasteiger partial charge in [0.05, 0.1) is 11.2 Å². The number of rotatable bonds is 5. The zero-order chi connectivity index (χ0) is 13.1. The van der Waals surface area contributed by atoms with Crippen molar-refractivity contribution in [1.82, 2.24) is 9.78 Å². The Morgan fingerprint density at radius 1 is 1.50 bits per heavy atom. The first-order valence-electron chi connectivity index (χ1n) is 5.88. The Morgan fingerprint density at radius 2 is 2.22 bits per heavy atom. The Bertz CT molecular complexity index is 565. The molecule has 0 fully saturated rings. The van der Waals surface area contributed by atoms with Gasteiger partial charge in [-0.15, -0.1) is 11.8 Å². The van der Waals surface area contributed by atoms with Gasteiger partial charge in [0.2, 0.25) is 0 Å². The van der Waals surface area contributed by atoms with Crippen LogP contribution in [0, 0.1) is 0 Å². The number of hydrogen-bond donors (Lipinski definition) is 1. The maximum Gasteiger partial charge on any atom is 0.316 e. The number of thioether (sulfide) groups is 1. The van der Waals surface area contributed by atoms with Gasteiger partial charge in [0.25, 0.3) is 0 Å². The number of carbonyl (C=O) groups is 1. The summed E-state index contributed by atoms with van der Waals surface area (Å²) in [6.45, 7) is 1.89. The smallest absolute Gasteiger partial charge is 0.316 e. The van der Waals surface area contributed by atoms with Crippen LogP contribution in [0.15, 0.2) is 24.3 Å². The van der Waals surface area contributed by atoms with E-state index in [0.717, 1.165) is 16.6 Å². The van der Waals surface area contributed by atoms with Crippen molar-refractivity contribution in [2.24, 2.45) is 7.05 Å². The molecule has 0 aliphatic heterocycles. The lowest BCUT2D eigenvalue weighted by Crippen LogP contribution is -2.15. The lowest BCUT2D eigenvalue weighted by Gasteiger charge is -2.07. The summed E-state index contributed by atoms with van der Waals surface area (Å²) < 4.78 is 1.84. The fourth-order valence-corrected chi connectivity index (χ4v) is 2.89. The number of nitrogens with zero attached hydrogens (tertiary/aromatic N) is 2. The maximum atomic E-state index is 11.0. The van der Waals surface area contributed by atoms with Gasteiger partial charge >= 0.3 is 5.97 Å².